The van der Waals surface area contributed by atoms with Crippen molar-refractivity contribution in [2.24, 2.45) is 0 Å². The van der Waals surface area contributed by atoms with E-state index in [9.17, 15) is 4.79 Å². The molecule has 0 spiro atoms. The maximum Gasteiger partial charge on any atom is 0.274 e. The summed E-state index contributed by atoms with van der Waals surface area (Å²) < 4.78 is 0. The standard InChI is InChI=1S/C19H17ClN4O/c1-13-4-2-3-5-14(13)12-22-19-21-11-10-17(24-19)18(25)23-16-8-6-15(20)7-9-16/h2-11H,12H2,1H3,(H,23,25)(H,21,22,24). The zero-order valence-corrected chi connectivity index (χ0v) is 14.4. The first-order valence-electron chi connectivity index (χ1n) is 7.80. The van der Waals surface area contributed by atoms with Crippen LogP contribution < -0.4 is 10.6 Å². The van der Waals surface area contributed by atoms with E-state index in [1.807, 2.05) is 31.2 Å². The quantitative estimate of drug-likeness (QED) is 0.718. The molecule has 2 N–H and O–H groups in total. The summed E-state index contributed by atoms with van der Waals surface area (Å²) in [5.41, 5.74) is 3.29. The van der Waals surface area contributed by atoms with Gasteiger partial charge in [-0.3, -0.25) is 4.79 Å². The van der Waals surface area contributed by atoms with Crippen molar-refractivity contribution in [3.63, 3.8) is 0 Å². The number of anilines is 2. The SMILES string of the molecule is Cc1ccccc1CNc1nccc(C(=O)Nc2ccc(Cl)cc2)n1. The van der Waals surface area contributed by atoms with E-state index >= 15 is 0 Å². The average Bonchev–Trinajstić information content (AvgIpc) is 2.63. The van der Waals surface area contributed by atoms with Crippen LogP contribution in [-0.4, -0.2) is 15.9 Å². The number of rotatable bonds is 5. The molecule has 25 heavy (non-hydrogen) atoms. The minimum Gasteiger partial charge on any atom is -0.350 e. The Bertz CT molecular complexity index is 881. The Morgan fingerprint density at radius 1 is 1.08 bits per heavy atom. The molecule has 0 fully saturated rings. The lowest BCUT2D eigenvalue weighted by Crippen LogP contribution is -2.15. The first-order chi connectivity index (χ1) is 12.1. The van der Waals surface area contributed by atoms with Crippen molar-refractivity contribution in [3.05, 3.63) is 82.6 Å². The molecule has 1 amide bonds. The van der Waals surface area contributed by atoms with Gasteiger partial charge >= 0.3 is 0 Å². The molecule has 3 aromatic rings. The Morgan fingerprint density at radius 2 is 1.84 bits per heavy atom. The lowest BCUT2D eigenvalue weighted by molar-refractivity contribution is 0.102. The largest absolute Gasteiger partial charge is 0.350 e. The van der Waals surface area contributed by atoms with Crippen LogP contribution in [0.1, 0.15) is 21.6 Å². The van der Waals surface area contributed by atoms with Crippen molar-refractivity contribution in [3.8, 4) is 0 Å². The van der Waals surface area contributed by atoms with Crippen LogP contribution in [0.2, 0.25) is 5.02 Å². The van der Waals surface area contributed by atoms with Crippen LogP contribution in [0.15, 0.2) is 60.8 Å². The van der Waals surface area contributed by atoms with Gasteiger partial charge in [0.15, 0.2) is 0 Å². The van der Waals surface area contributed by atoms with E-state index in [1.54, 1.807) is 36.5 Å². The Morgan fingerprint density at radius 3 is 2.60 bits per heavy atom. The summed E-state index contributed by atoms with van der Waals surface area (Å²) in [4.78, 5) is 20.8. The number of nitrogens with one attached hydrogen (secondary N) is 2. The van der Waals surface area contributed by atoms with Crippen molar-refractivity contribution < 1.29 is 4.79 Å². The average molecular weight is 353 g/mol. The lowest BCUT2D eigenvalue weighted by Gasteiger charge is -2.09. The molecule has 1 heterocycles. The maximum atomic E-state index is 12.3. The molecule has 0 bridgehead atoms. The molecule has 1 aromatic heterocycles. The molecule has 0 saturated carbocycles. The second kappa shape index (κ2) is 7.77. The van der Waals surface area contributed by atoms with E-state index in [-0.39, 0.29) is 11.6 Å². The van der Waals surface area contributed by atoms with E-state index in [4.69, 9.17) is 11.6 Å². The monoisotopic (exact) mass is 352 g/mol. The molecular formula is C19H17ClN4O. The lowest BCUT2D eigenvalue weighted by atomic mass is 10.1. The fraction of sp³-hybridized carbons (Fsp3) is 0.105. The number of aryl methyl sites for hydroxylation is 1. The highest BCUT2D eigenvalue weighted by molar-refractivity contribution is 6.30. The number of hydrogen-bond donors (Lipinski definition) is 2. The van der Waals surface area contributed by atoms with Crippen LogP contribution in [0.25, 0.3) is 0 Å². The molecular weight excluding hydrogens is 336 g/mol. The number of hydrogen-bond acceptors (Lipinski definition) is 4. The van der Waals surface area contributed by atoms with Crippen LogP contribution in [0, 0.1) is 6.92 Å². The van der Waals surface area contributed by atoms with Crippen molar-refractivity contribution in [1.29, 1.82) is 0 Å². The van der Waals surface area contributed by atoms with E-state index in [2.05, 4.69) is 20.6 Å². The molecule has 126 valence electrons. The van der Waals surface area contributed by atoms with Gasteiger partial charge in [0.2, 0.25) is 5.95 Å². The predicted octanol–water partition coefficient (Wildman–Crippen LogP) is 4.30. The van der Waals surface area contributed by atoms with Gasteiger partial charge in [0.1, 0.15) is 5.69 Å². The van der Waals surface area contributed by atoms with Crippen molar-refractivity contribution in [2.45, 2.75) is 13.5 Å². The molecule has 0 aliphatic heterocycles. The first-order valence-corrected chi connectivity index (χ1v) is 8.18. The summed E-state index contributed by atoms with van der Waals surface area (Å²) in [6.45, 7) is 2.64. The molecule has 6 heteroatoms. The Kier molecular flexibility index (Phi) is 5.26. The van der Waals surface area contributed by atoms with E-state index < -0.39 is 0 Å². The summed E-state index contributed by atoms with van der Waals surface area (Å²) >= 11 is 5.84. The summed E-state index contributed by atoms with van der Waals surface area (Å²) in [5, 5.41) is 6.54. The second-order valence-corrected chi connectivity index (χ2v) is 5.94. The Hall–Kier alpha value is -2.92. The molecule has 0 unspecified atom stereocenters. The van der Waals surface area contributed by atoms with E-state index in [0.29, 0.717) is 23.2 Å². The molecule has 0 atom stereocenters. The fourth-order valence-electron chi connectivity index (χ4n) is 2.28. The molecule has 0 radical (unpaired) electrons. The summed E-state index contributed by atoms with van der Waals surface area (Å²) in [6.07, 6.45) is 1.56. The zero-order chi connectivity index (χ0) is 17.6. The smallest absolute Gasteiger partial charge is 0.274 e. The fourth-order valence-corrected chi connectivity index (χ4v) is 2.41. The molecule has 0 aliphatic rings. The maximum absolute atomic E-state index is 12.3. The van der Waals surface area contributed by atoms with E-state index in [0.717, 1.165) is 5.56 Å². The van der Waals surface area contributed by atoms with Gasteiger partial charge in [-0.1, -0.05) is 35.9 Å². The van der Waals surface area contributed by atoms with Gasteiger partial charge in [-0.25, -0.2) is 9.97 Å². The summed E-state index contributed by atoms with van der Waals surface area (Å²) in [7, 11) is 0. The molecule has 0 aliphatic carbocycles. The minimum atomic E-state index is -0.302. The van der Waals surface area contributed by atoms with Crippen molar-refractivity contribution in [1.82, 2.24) is 9.97 Å². The third kappa shape index (κ3) is 4.55. The van der Waals surface area contributed by atoms with Crippen molar-refractivity contribution in [2.75, 3.05) is 10.6 Å². The number of aromatic nitrogens is 2. The van der Waals surface area contributed by atoms with Crippen LogP contribution in [-0.2, 0) is 6.54 Å². The first kappa shape index (κ1) is 16.9. The molecule has 2 aromatic carbocycles. The van der Waals surface area contributed by atoms with Crippen LogP contribution in [0.5, 0.6) is 0 Å². The number of carbonyl (C=O) groups excluding carboxylic acids is 1. The third-order valence-electron chi connectivity index (χ3n) is 3.69. The number of halogens is 1. The van der Waals surface area contributed by atoms with Gasteiger partial charge in [0.25, 0.3) is 5.91 Å². The van der Waals surface area contributed by atoms with Gasteiger partial charge < -0.3 is 10.6 Å². The van der Waals surface area contributed by atoms with Crippen LogP contribution in [0.3, 0.4) is 0 Å². The third-order valence-corrected chi connectivity index (χ3v) is 3.94. The topological polar surface area (TPSA) is 66.9 Å². The van der Waals surface area contributed by atoms with E-state index in [1.165, 1.54) is 5.56 Å². The molecule has 3 rings (SSSR count). The molecule has 5 nitrogen and oxygen atoms in total. The highest BCUT2D eigenvalue weighted by Gasteiger charge is 2.09. The van der Waals surface area contributed by atoms with Crippen molar-refractivity contribution >= 4 is 29.1 Å². The number of benzene rings is 2. The zero-order valence-electron chi connectivity index (χ0n) is 13.7. The Labute approximate surface area is 151 Å². The van der Waals surface area contributed by atoms with Crippen LogP contribution in [0.4, 0.5) is 11.6 Å². The minimum absolute atomic E-state index is 0.289. The van der Waals surface area contributed by atoms with Gasteiger partial charge in [0, 0.05) is 23.5 Å². The summed E-state index contributed by atoms with van der Waals surface area (Å²) in [5.74, 6) is 0.107. The van der Waals surface area contributed by atoms with Gasteiger partial charge in [-0.2, -0.15) is 0 Å². The number of nitrogens with zero attached hydrogens (tertiary/aromatic N) is 2. The van der Waals surface area contributed by atoms with Gasteiger partial charge in [-0.05, 0) is 48.4 Å². The summed E-state index contributed by atoms with van der Waals surface area (Å²) in [6, 6.07) is 16.5. The van der Waals surface area contributed by atoms with Gasteiger partial charge in [-0.15, -0.1) is 0 Å². The second-order valence-electron chi connectivity index (χ2n) is 5.51. The number of carbonyl (C=O) groups is 1. The highest BCUT2D eigenvalue weighted by atomic mass is 35.5. The van der Waals surface area contributed by atoms with Gasteiger partial charge in [0.05, 0.1) is 0 Å². The highest BCUT2D eigenvalue weighted by Crippen LogP contribution is 2.14. The Balaban J connectivity index is 1.67. The predicted molar refractivity (Wildman–Crippen MR) is 99.9 cm³/mol. The normalized spacial score (nSPS) is 10.3. The number of amides is 1. The molecule has 0 saturated heterocycles. The van der Waals surface area contributed by atoms with Crippen LogP contribution >= 0.6 is 11.6 Å².